The Hall–Kier alpha value is -2.05. The number of Topliss-reactive ketones (excluding diaryl/α,β-unsaturated/α-hetero) is 1. The van der Waals surface area contributed by atoms with Crippen LogP contribution in [0.25, 0.3) is 0 Å². The summed E-state index contributed by atoms with van der Waals surface area (Å²) in [6.07, 6.45) is 0. The van der Waals surface area contributed by atoms with E-state index in [1.165, 1.54) is 19.1 Å². The molecule has 0 fully saturated rings. The summed E-state index contributed by atoms with van der Waals surface area (Å²) in [6, 6.07) is 11.5. The van der Waals surface area contributed by atoms with Crippen molar-refractivity contribution < 1.29 is 19.4 Å². The molecule has 0 aliphatic heterocycles. The molecule has 0 heterocycles. The van der Waals surface area contributed by atoms with E-state index in [0.29, 0.717) is 20.9 Å². The molecule has 5 nitrogen and oxygen atoms in total. The van der Waals surface area contributed by atoms with Crippen LogP contribution in [0.2, 0.25) is 5.02 Å². The summed E-state index contributed by atoms with van der Waals surface area (Å²) in [5.41, 5.74) is 0.744. The molecule has 2 aromatic rings. The van der Waals surface area contributed by atoms with Crippen LogP contribution in [0.5, 0.6) is 5.75 Å². The zero-order valence-corrected chi connectivity index (χ0v) is 15.2. The van der Waals surface area contributed by atoms with Crippen molar-refractivity contribution in [2.75, 3.05) is 18.2 Å². The van der Waals surface area contributed by atoms with E-state index in [1.807, 2.05) is 0 Å². The van der Waals surface area contributed by atoms with Crippen LogP contribution in [-0.2, 0) is 4.79 Å². The number of carbonyl (C=O) groups is 2. The number of hydrogen-bond acceptors (Lipinski definition) is 4. The molecule has 0 saturated heterocycles. The van der Waals surface area contributed by atoms with Crippen LogP contribution in [0.3, 0.4) is 0 Å². The van der Waals surface area contributed by atoms with Crippen molar-refractivity contribution in [2.45, 2.75) is 6.92 Å². The molecular weight excluding hydrogens is 398 g/mol. The summed E-state index contributed by atoms with van der Waals surface area (Å²) in [6.45, 7) is 1.67. The molecule has 1 N–H and O–H groups in total. The lowest BCUT2D eigenvalue weighted by atomic mass is 10.2. The normalized spacial score (nSPS) is 10.3. The number of halogens is 2. The van der Waals surface area contributed by atoms with E-state index in [-0.39, 0.29) is 24.6 Å². The number of carboxylic acid groups (broad SMARTS) is 1. The first kappa shape index (κ1) is 18.3. The standard InChI is InChI=1S/C17H15BrClNO4/c1-11(21)9-20(13-4-2-3-12(7-13)17(22)23)10-24-14-5-6-16(19)15(18)8-14/h2-8H,9-10H2,1H3,(H,22,23). The molecule has 0 atom stereocenters. The summed E-state index contributed by atoms with van der Waals surface area (Å²) in [4.78, 5) is 24.3. The number of rotatable bonds is 7. The highest BCUT2D eigenvalue weighted by Gasteiger charge is 2.12. The molecule has 0 aromatic heterocycles. The monoisotopic (exact) mass is 411 g/mol. The van der Waals surface area contributed by atoms with Crippen LogP contribution < -0.4 is 9.64 Å². The van der Waals surface area contributed by atoms with E-state index in [9.17, 15) is 9.59 Å². The van der Waals surface area contributed by atoms with Crippen molar-refractivity contribution >= 4 is 45.0 Å². The highest BCUT2D eigenvalue weighted by atomic mass is 79.9. The smallest absolute Gasteiger partial charge is 0.335 e. The maximum Gasteiger partial charge on any atom is 0.335 e. The Kier molecular flexibility index (Phi) is 6.23. The van der Waals surface area contributed by atoms with Gasteiger partial charge in [0.15, 0.2) is 6.73 Å². The van der Waals surface area contributed by atoms with Gasteiger partial charge in [-0.2, -0.15) is 0 Å². The van der Waals surface area contributed by atoms with Gasteiger partial charge in [-0.25, -0.2) is 4.79 Å². The van der Waals surface area contributed by atoms with E-state index in [4.69, 9.17) is 21.4 Å². The van der Waals surface area contributed by atoms with E-state index in [0.717, 1.165) is 0 Å². The van der Waals surface area contributed by atoms with Gasteiger partial charge in [0.25, 0.3) is 0 Å². The van der Waals surface area contributed by atoms with Crippen LogP contribution in [0.1, 0.15) is 17.3 Å². The lowest BCUT2D eigenvalue weighted by molar-refractivity contribution is -0.115. The second kappa shape index (κ2) is 8.17. The minimum atomic E-state index is -1.03. The number of anilines is 1. The van der Waals surface area contributed by atoms with Crippen LogP contribution >= 0.6 is 27.5 Å². The first-order chi connectivity index (χ1) is 11.4. The van der Waals surface area contributed by atoms with Gasteiger partial charge in [-0.15, -0.1) is 0 Å². The molecule has 2 rings (SSSR count). The van der Waals surface area contributed by atoms with Gasteiger partial charge in [-0.1, -0.05) is 17.7 Å². The molecule has 0 bridgehead atoms. The Labute approximate surface area is 152 Å². The van der Waals surface area contributed by atoms with Crippen molar-refractivity contribution in [3.63, 3.8) is 0 Å². The highest BCUT2D eigenvalue weighted by molar-refractivity contribution is 9.10. The third-order valence-electron chi connectivity index (χ3n) is 3.15. The lowest BCUT2D eigenvalue weighted by Gasteiger charge is -2.24. The highest BCUT2D eigenvalue weighted by Crippen LogP contribution is 2.27. The van der Waals surface area contributed by atoms with E-state index < -0.39 is 5.97 Å². The Morgan fingerprint density at radius 2 is 2.00 bits per heavy atom. The molecule has 0 spiro atoms. The molecular formula is C17H15BrClNO4. The van der Waals surface area contributed by atoms with Crippen molar-refractivity contribution in [1.29, 1.82) is 0 Å². The van der Waals surface area contributed by atoms with Crippen LogP contribution in [0, 0.1) is 0 Å². The Morgan fingerprint density at radius 3 is 2.62 bits per heavy atom. The molecule has 0 unspecified atom stereocenters. The average Bonchev–Trinajstić information content (AvgIpc) is 2.54. The van der Waals surface area contributed by atoms with Gasteiger partial charge in [0.2, 0.25) is 0 Å². The summed E-state index contributed by atoms with van der Waals surface area (Å²) in [5, 5.41) is 9.67. The van der Waals surface area contributed by atoms with E-state index in [2.05, 4.69) is 15.9 Å². The predicted molar refractivity (Wildman–Crippen MR) is 96.1 cm³/mol. The van der Waals surface area contributed by atoms with Gasteiger partial charge >= 0.3 is 5.97 Å². The number of carboxylic acids is 1. The molecule has 7 heteroatoms. The quantitative estimate of drug-likeness (QED) is 0.689. The number of nitrogens with zero attached hydrogens (tertiary/aromatic N) is 1. The maximum atomic E-state index is 11.5. The van der Waals surface area contributed by atoms with Crippen LogP contribution in [0.4, 0.5) is 5.69 Å². The number of carbonyl (C=O) groups excluding carboxylic acids is 1. The summed E-state index contributed by atoms with van der Waals surface area (Å²) in [7, 11) is 0. The third-order valence-corrected chi connectivity index (χ3v) is 4.36. The van der Waals surface area contributed by atoms with Crippen LogP contribution in [0.15, 0.2) is 46.9 Å². The fourth-order valence-corrected chi connectivity index (χ4v) is 2.51. The molecule has 0 amide bonds. The summed E-state index contributed by atoms with van der Waals surface area (Å²) >= 11 is 9.26. The zero-order valence-electron chi connectivity index (χ0n) is 12.8. The number of benzene rings is 2. The first-order valence-electron chi connectivity index (χ1n) is 7.02. The SMILES string of the molecule is CC(=O)CN(COc1ccc(Cl)c(Br)c1)c1cccc(C(=O)O)c1. The second-order valence-corrected chi connectivity index (χ2v) is 6.37. The molecule has 0 saturated carbocycles. The summed E-state index contributed by atoms with van der Waals surface area (Å²) in [5.74, 6) is -0.506. The van der Waals surface area contributed by atoms with Crippen molar-refractivity contribution in [3.8, 4) is 5.75 Å². The number of hydrogen-bond donors (Lipinski definition) is 1. The minimum Gasteiger partial charge on any atom is -0.478 e. The van der Waals surface area contributed by atoms with Gasteiger partial charge in [0.1, 0.15) is 11.5 Å². The Balaban J connectivity index is 2.19. The third kappa shape index (κ3) is 4.97. The molecule has 0 aliphatic carbocycles. The fourth-order valence-electron chi connectivity index (χ4n) is 2.03. The molecule has 0 aliphatic rings. The Bertz CT molecular complexity index is 766. The van der Waals surface area contributed by atoms with Crippen molar-refractivity contribution in [2.24, 2.45) is 0 Å². The average molecular weight is 413 g/mol. The Morgan fingerprint density at radius 1 is 1.25 bits per heavy atom. The largest absolute Gasteiger partial charge is 0.478 e. The first-order valence-corrected chi connectivity index (χ1v) is 8.19. The molecule has 24 heavy (non-hydrogen) atoms. The summed E-state index contributed by atoms with van der Waals surface area (Å²) < 4.78 is 6.40. The fraction of sp³-hybridized carbons (Fsp3) is 0.176. The van der Waals surface area contributed by atoms with Crippen molar-refractivity contribution in [1.82, 2.24) is 0 Å². The minimum absolute atomic E-state index is 0.0587. The molecule has 0 radical (unpaired) electrons. The van der Waals surface area contributed by atoms with Crippen LogP contribution in [-0.4, -0.2) is 30.1 Å². The maximum absolute atomic E-state index is 11.5. The van der Waals surface area contributed by atoms with E-state index in [1.54, 1.807) is 35.2 Å². The molecule has 126 valence electrons. The second-order valence-electron chi connectivity index (χ2n) is 5.10. The number of ether oxygens (including phenoxy) is 1. The molecule has 2 aromatic carbocycles. The van der Waals surface area contributed by atoms with Gasteiger partial charge in [0, 0.05) is 10.2 Å². The van der Waals surface area contributed by atoms with Gasteiger partial charge < -0.3 is 14.7 Å². The predicted octanol–water partition coefficient (Wildman–Crippen LogP) is 4.23. The van der Waals surface area contributed by atoms with Gasteiger partial charge in [-0.05, 0) is 59.3 Å². The number of ketones is 1. The zero-order chi connectivity index (χ0) is 17.7. The van der Waals surface area contributed by atoms with E-state index >= 15 is 0 Å². The topological polar surface area (TPSA) is 66.8 Å². The van der Waals surface area contributed by atoms with Gasteiger partial charge in [0.05, 0.1) is 17.1 Å². The van der Waals surface area contributed by atoms with Crippen molar-refractivity contribution in [3.05, 3.63) is 57.5 Å². The lowest BCUT2D eigenvalue weighted by Crippen LogP contribution is -2.32. The number of aromatic carboxylic acids is 1. The van der Waals surface area contributed by atoms with Gasteiger partial charge in [-0.3, -0.25) is 4.79 Å².